The summed E-state index contributed by atoms with van der Waals surface area (Å²) in [5, 5.41) is 9.75. The maximum Gasteiger partial charge on any atom is 0.292 e. The number of carbonyl (C=O) groups is 1. The maximum atomic E-state index is 13.0. The van der Waals surface area contributed by atoms with Crippen molar-refractivity contribution in [2.75, 3.05) is 7.11 Å². The van der Waals surface area contributed by atoms with Crippen LogP contribution in [-0.4, -0.2) is 28.5 Å². The van der Waals surface area contributed by atoms with Crippen LogP contribution in [0.5, 0.6) is 5.75 Å². The van der Waals surface area contributed by atoms with Crippen LogP contribution in [0, 0.1) is 0 Å². The number of carbonyl (C=O) groups excluding carboxylic acids is 1. The van der Waals surface area contributed by atoms with Gasteiger partial charge in [-0.3, -0.25) is 9.59 Å². The quantitative estimate of drug-likeness (QED) is 0.661. The topological polar surface area (TPSA) is 85.6 Å². The summed E-state index contributed by atoms with van der Waals surface area (Å²) in [7, 11) is 1.65. The van der Waals surface area contributed by atoms with Gasteiger partial charge in [0.15, 0.2) is 5.69 Å². The average Bonchev–Trinajstić information content (AvgIpc) is 2.79. The molecule has 0 bridgehead atoms. The van der Waals surface area contributed by atoms with Crippen molar-refractivity contribution in [3.63, 3.8) is 0 Å². The molecule has 0 unspecified atom stereocenters. The molecule has 1 aliphatic rings. The number of aryl methyl sites for hydroxylation is 2. The van der Waals surface area contributed by atoms with E-state index in [2.05, 4.69) is 15.6 Å². The Morgan fingerprint density at radius 3 is 2.77 bits per heavy atom. The van der Waals surface area contributed by atoms with Crippen LogP contribution in [-0.2, 0) is 13.0 Å². The van der Waals surface area contributed by atoms with Crippen molar-refractivity contribution < 1.29 is 9.53 Å². The fourth-order valence-corrected chi connectivity index (χ4v) is 3.82. The van der Waals surface area contributed by atoms with E-state index in [4.69, 9.17) is 4.74 Å². The van der Waals surface area contributed by atoms with Gasteiger partial charge >= 0.3 is 0 Å². The molecule has 1 aromatic heterocycles. The van der Waals surface area contributed by atoms with Gasteiger partial charge in [0.05, 0.1) is 18.2 Å². The number of hydrogen-bond acceptors (Lipinski definition) is 5. The number of nitrogens with one attached hydrogen (secondary N) is 1. The van der Waals surface area contributed by atoms with E-state index in [9.17, 15) is 9.59 Å². The first-order chi connectivity index (χ1) is 14.6. The lowest BCUT2D eigenvalue weighted by Crippen LogP contribution is -2.29. The molecule has 1 N–H and O–H groups in total. The lowest BCUT2D eigenvalue weighted by Gasteiger charge is -2.18. The highest BCUT2D eigenvalue weighted by atomic mass is 16.5. The number of amides is 1. The van der Waals surface area contributed by atoms with Gasteiger partial charge < -0.3 is 4.74 Å². The number of benzene rings is 2. The predicted molar refractivity (Wildman–Crippen MR) is 116 cm³/mol. The van der Waals surface area contributed by atoms with E-state index in [1.807, 2.05) is 25.1 Å². The van der Waals surface area contributed by atoms with Gasteiger partial charge in [-0.25, -0.2) is 10.1 Å². The molecule has 1 aliphatic carbocycles. The number of nitrogens with zero attached hydrogens (tertiary/aromatic N) is 3. The van der Waals surface area contributed by atoms with E-state index in [0.717, 1.165) is 48.3 Å². The Morgan fingerprint density at radius 2 is 2.00 bits per heavy atom. The smallest absolute Gasteiger partial charge is 0.292 e. The normalized spacial score (nSPS) is 14.5. The molecule has 4 rings (SSSR count). The lowest BCUT2D eigenvalue weighted by molar-refractivity contribution is 0.0949. The molecule has 1 amide bonds. The number of hydrogen-bond donors (Lipinski definition) is 1. The lowest BCUT2D eigenvalue weighted by atomic mass is 9.90. The second-order valence-electron chi connectivity index (χ2n) is 7.30. The monoisotopic (exact) mass is 404 g/mol. The minimum Gasteiger partial charge on any atom is -0.497 e. The van der Waals surface area contributed by atoms with Crippen molar-refractivity contribution in [3.05, 3.63) is 69.6 Å². The van der Waals surface area contributed by atoms with Crippen LogP contribution in [0.15, 0.2) is 52.4 Å². The minimum atomic E-state index is -0.427. The van der Waals surface area contributed by atoms with Crippen molar-refractivity contribution >= 4 is 22.4 Å². The molecule has 7 heteroatoms. The van der Waals surface area contributed by atoms with Crippen molar-refractivity contribution in [2.45, 2.75) is 39.2 Å². The van der Waals surface area contributed by atoms with E-state index in [0.29, 0.717) is 17.3 Å². The SMILES string of the molecule is CCCn1nc(C(=O)N/N=C2/CCCc3cc(OC)ccc32)c2ccccc2c1=O. The van der Waals surface area contributed by atoms with E-state index in [-0.39, 0.29) is 11.3 Å². The Morgan fingerprint density at radius 1 is 1.20 bits per heavy atom. The van der Waals surface area contributed by atoms with Gasteiger partial charge in [-0.2, -0.15) is 10.2 Å². The molecule has 0 atom stereocenters. The summed E-state index contributed by atoms with van der Waals surface area (Å²) in [5.74, 6) is 0.386. The largest absolute Gasteiger partial charge is 0.497 e. The first kappa shape index (κ1) is 19.8. The zero-order valence-electron chi connectivity index (χ0n) is 17.1. The van der Waals surface area contributed by atoms with Crippen molar-refractivity contribution in [3.8, 4) is 5.75 Å². The van der Waals surface area contributed by atoms with E-state index in [1.165, 1.54) is 4.68 Å². The molecule has 1 heterocycles. The van der Waals surface area contributed by atoms with E-state index in [1.54, 1.807) is 31.4 Å². The Balaban J connectivity index is 1.68. The molecule has 0 fully saturated rings. The number of ether oxygens (including phenoxy) is 1. The predicted octanol–water partition coefficient (Wildman–Crippen LogP) is 3.29. The molecule has 0 aliphatic heterocycles. The number of aromatic nitrogens is 2. The summed E-state index contributed by atoms with van der Waals surface area (Å²) < 4.78 is 6.66. The zero-order chi connectivity index (χ0) is 21.1. The summed E-state index contributed by atoms with van der Waals surface area (Å²) >= 11 is 0. The fraction of sp³-hybridized carbons (Fsp3) is 0.304. The van der Waals surface area contributed by atoms with Gasteiger partial charge in [-0.15, -0.1) is 0 Å². The summed E-state index contributed by atoms with van der Waals surface area (Å²) in [5.41, 5.74) is 5.69. The third-order valence-corrected chi connectivity index (χ3v) is 5.29. The summed E-state index contributed by atoms with van der Waals surface area (Å²) in [6.07, 6.45) is 3.43. The Bertz CT molecular complexity index is 1200. The van der Waals surface area contributed by atoms with Gasteiger partial charge in [0.25, 0.3) is 11.5 Å². The summed E-state index contributed by atoms with van der Waals surface area (Å²) in [6, 6.07) is 12.9. The van der Waals surface area contributed by atoms with Gasteiger partial charge in [-0.05, 0) is 55.5 Å². The molecule has 0 spiro atoms. The average molecular weight is 404 g/mol. The van der Waals surface area contributed by atoms with Crippen molar-refractivity contribution in [1.29, 1.82) is 0 Å². The molecule has 7 nitrogen and oxygen atoms in total. The minimum absolute atomic E-state index is 0.189. The summed E-state index contributed by atoms with van der Waals surface area (Å²) in [4.78, 5) is 25.6. The highest BCUT2D eigenvalue weighted by Gasteiger charge is 2.19. The van der Waals surface area contributed by atoms with Crippen LogP contribution in [0.25, 0.3) is 10.8 Å². The molecule has 0 saturated heterocycles. The molecule has 0 radical (unpaired) electrons. The van der Waals surface area contributed by atoms with Gasteiger partial charge in [0, 0.05) is 17.5 Å². The van der Waals surface area contributed by atoms with E-state index < -0.39 is 5.91 Å². The third-order valence-electron chi connectivity index (χ3n) is 5.29. The van der Waals surface area contributed by atoms with Crippen LogP contribution in [0.2, 0.25) is 0 Å². The van der Waals surface area contributed by atoms with Crippen LogP contribution in [0.4, 0.5) is 0 Å². The van der Waals surface area contributed by atoms with Crippen LogP contribution in [0.1, 0.15) is 47.8 Å². The van der Waals surface area contributed by atoms with Gasteiger partial charge in [0.1, 0.15) is 5.75 Å². The van der Waals surface area contributed by atoms with Crippen LogP contribution >= 0.6 is 0 Å². The Hall–Kier alpha value is -3.48. The molecular weight excluding hydrogens is 380 g/mol. The first-order valence-corrected chi connectivity index (χ1v) is 10.2. The number of rotatable bonds is 5. The van der Waals surface area contributed by atoms with Gasteiger partial charge in [0.2, 0.25) is 0 Å². The molecule has 3 aromatic rings. The summed E-state index contributed by atoms with van der Waals surface area (Å²) in [6.45, 7) is 2.41. The van der Waals surface area contributed by atoms with Crippen molar-refractivity contribution in [1.82, 2.24) is 15.2 Å². The first-order valence-electron chi connectivity index (χ1n) is 10.2. The van der Waals surface area contributed by atoms with Crippen LogP contribution < -0.4 is 15.7 Å². The second kappa shape index (κ2) is 8.49. The molecule has 154 valence electrons. The number of hydrazone groups is 1. The second-order valence-corrected chi connectivity index (χ2v) is 7.30. The molecule has 30 heavy (non-hydrogen) atoms. The third kappa shape index (κ3) is 3.70. The molecule has 2 aromatic carbocycles. The van der Waals surface area contributed by atoms with Gasteiger partial charge in [-0.1, -0.05) is 25.1 Å². The van der Waals surface area contributed by atoms with E-state index >= 15 is 0 Å². The standard InChI is InChI=1S/C23H24N4O3/c1-3-13-27-23(29)19-9-5-4-8-18(19)21(26-27)22(28)25-24-20-10-6-7-15-14-16(30-2)11-12-17(15)20/h4-5,8-9,11-12,14H,3,6-7,10,13H2,1-2H3,(H,25,28)/b24-20-. The number of fused-ring (bicyclic) bond motifs is 2. The Kier molecular flexibility index (Phi) is 5.61. The highest BCUT2D eigenvalue weighted by Crippen LogP contribution is 2.25. The maximum absolute atomic E-state index is 13.0. The van der Waals surface area contributed by atoms with Crippen LogP contribution in [0.3, 0.4) is 0 Å². The molecular formula is C23H24N4O3. The molecule has 0 saturated carbocycles. The van der Waals surface area contributed by atoms with Crippen molar-refractivity contribution in [2.24, 2.45) is 5.10 Å². The highest BCUT2D eigenvalue weighted by molar-refractivity contribution is 6.07. The number of methoxy groups -OCH3 is 1. The fourth-order valence-electron chi connectivity index (χ4n) is 3.82. The Labute approximate surface area is 174 Å². The zero-order valence-corrected chi connectivity index (χ0v) is 17.1.